The standard InChI is InChI=1S/C10H21O7P/c1-4(2)18(15,16)17-10-8(13)6(11)5(3)7(12)9(10)14/h4-14H,1-3H3,(H,15,16)/t5?,6-,7?,8?,9?,10?/m1/s1. The topological polar surface area (TPSA) is 127 Å². The summed E-state index contributed by atoms with van der Waals surface area (Å²) in [6.45, 7) is 4.37. The van der Waals surface area contributed by atoms with E-state index in [9.17, 15) is 29.9 Å². The SMILES string of the molecule is CC1C(O)C(O)C(OP(=O)(O)C(C)C)C(O)[C@@H]1O. The maximum atomic E-state index is 11.7. The zero-order valence-corrected chi connectivity index (χ0v) is 11.4. The van der Waals surface area contributed by atoms with Crippen LogP contribution in [0.25, 0.3) is 0 Å². The van der Waals surface area contributed by atoms with Crippen LogP contribution in [0.2, 0.25) is 0 Å². The number of aliphatic hydroxyl groups excluding tert-OH is 4. The summed E-state index contributed by atoms with van der Waals surface area (Å²) in [7, 11) is -4.02. The molecule has 1 aliphatic rings. The molecule has 0 spiro atoms. The van der Waals surface area contributed by atoms with Gasteiger partial charge in [0.1, 0.15) is 18.3 Å². The lowest BCUT2D eigenvalue weighted by Gasteiger charge is -2.43. The van der Waals surface area contributed by atoms with Gasteiger partial charge in [0.2, 0.25) is 0 Å². The lowest BCUT2D eigenvalue weighted by molar-refractivity contribution is -0.194. The van der Waals surface area contributed by atoms with Gasteiger partial charge in [-0.15, -0.1) is 0 Å². The molecule has 7 atom stereocenters. The highest BCUT2D eigenvalue weighted by Crippen LogP contribution is 2.50. The highest BCUT2D eigenvalue weighted by molar-refractivity contribution is 7.53. The van der Waals surface area contributed by atoms with Crippen molar-refractivity contribution in [2.75, 3.05) is 0 Å². The van der Waals surface area contributed by atoms with Crippen LogP contribution in [0.1, 0.15) is 20.8 Å². The summed E-state index contributed by atoms with van der Waals surface area (Å²) >= 11 is 0. The van der Waals surface area contributed by atoms with Gasteiger partial charge in [-0.2, -0.15) is 0 Å². The Bertz CT molecular complexity index is 318. The monoisotopic (exact) mass is 284 g/mol. The van der Waals surface area contributed by atoms with Gasteiger partial charge in [0, 0.05) is 5.92 Å². The van der Waals surface area contributed by atoms with Gasteiger partial charge in [0.15, 0.2) is 0 Å². The van der Waals surface area contributed by atoms with Crippen LogP contribution in [0, 0.1) is 5.92 Å². The molecule has 6 unspecified atom stereocenters. The van der Waals surface area contributed by atoms with Crippen molar-refractivity contribution in [3.8, 4) is 0 Å². The lowest BCUT2D eigenvalue weighted by atomic mass is 9.80. The zero-order valence-electron chi connectivity index (χ0n) is 10.5. The Kier molecular flexibility index (Phi) is 4.94. The molecule has 0 aromatic heterocycles. The summed E-state index contributed by atoms with van der Waals surface area (Å²) in [5.74, 6) is -0.757. The Morgan fingerprint density at radius 2 is 1.39 bits per heavy atom. The third-order valence-corrected chi connectivity index (χ3v) is 5.23. The van der Waals surface area contributed by atoms with Crippen molar-refractivity contribution in [3.63, 3.8) is 0 Å². The van der Waals surface area contributed by atoms with Crippen LogP contribution in [-0.4, -0.2) is 61.5 Å². The van der Waals surface area contributed by atoms with Crippen molar-refractivity contribution in [1.82, 2.24) is 0 Å². The fraction of sp³-hybridized carbons (Fsp3) is 1.00. The zero-order chi connectivity index (χ0) is 14.2. The minimum Gasteiger partial charge on any atom is -0.390 e. The van der Waals surface area contributed by atoms with E-state index < -0.39 is 49.7 Å². The summed E-state index contributed by atoms with van der Waals surface area (Å²) < 4.78 is 16.6. The van der Waals surface area contributed by atoms with E-state index in [1.165, 1.54) is 20.8 Å². The highest BCUT2D eigenvalue weighted by Gasteiger charge is 2.50. The van der Waals surface area contributed by atoms with E-state index in [2.05, 4.69) is 0 Å². The smallest absolute Gasteiger partial charge is 0.331 e. The van der Waals surface area contributed by atoms with Crippen molar-refractivity contribution in [3.05, 3.63) is 0 Å². The summed E-state index contributed by atoms with van der Waals surface area (Å²) in [5, 5.41) is 38.9. The molecular weight excluding hydrogens is 263 g/mol. The van der Waals surface area contributed by atoms with Crippen LogP contribution in [0.3, 0.4) is 0 Å². The van der Waals surface area contributed by atoms with Crippen LogP contribution in [-0.2, 0) is 9.09 Å². The average Bonchev–Trinajstić information content (AvgIpc) is 2.29. The van der Waals surface area contributed by atoms with Gasteiger partial charge in [0.25, 0.3) is 0 Å². The van der Waals surface area contributed by atoms with E-state index in [4.69, 9.17) is 4.52 Å². The van der Waals surface area contributed by atoms with Crippen LogP contribution < -0.4 is 0 Å². The molecule has 108 valence electrons. The molecule has 1 rings (SSSR count). The molecule has 1 aliphatic carbocycles. The van der Waals surface area contributed by atoms with Crippen LogP contribution in [0.5, 0.6) is 0 Å². The molecule has 0 aromatic rings. The molecule has 18 heavy (non-hydrogen) atoms. The van der Waals surface area contributed by atoms with E-state index in [0.29, 0.717) is 0 Å². The van der Waals surface area contributed by atoms with E-state index in [0.717, 1.165) is 0 Å². The van der Waals surface area contributed by atoms with Crippen molar-refractivity contribution in [2.24, 2.45) is 5.92 Å². The maximum absolute atomic E-state index is 11.7. The minimum atomic E-state index is -4.02. The molecule has 8 heteroatoms. The quantitative estimate of drug-likeness (QED) is 0.423. The van der Waals surface area contributed by atoms with E-state index in [-0.39, 0.29) is 0 Å². The molecule has 0 radical (unpaired) electrons. The Hall–Kier alpha value is -0.0100. The predicted octanol–water partition coefficient (Wildman–Crippen LogP) is -0.941. The molecular formula is C10H21O7P. The van der Waals surface area contributed by atoms with Gasteiger partial charge < -0.3 is 25.3 Å². The molecule has 0 heterocycles. The fourth-order valence-corrected chi connectivity index (χ4v) is 2.68. The molecule has 1 saturated carbocycles. The predicted molar refractivity (Wildman–Crippen MR) is 63.0 cm³/mol. The first-order valence-electron chi connectivity index (χ1n) is 5.82. The van der Waals surface area contributed by atoms with Gasteiger partial charge in [-0.1, -0.05) is 20.8 Å². The third kappa shape index (κ3) is 2.93. The molecule has 0 saturated heterocycles. The summed E-state index contributed by atoms with van der Waals surface area (Å²) in [6.07, 6.45) is -7.22. The molecule has 7 nitrogen and oxygen atoms in total. The molecule has 0 aromatic carbocycles. The minimum absolute atomic E-state index is 0.717. The Morgan fingerprint density at radius 3 is 1.72 bits per heavy atom. The molecule has 0 amide bonds. The normalized spacial score (nSPS) is 44.9. The van der Waals surface area contributed by atoms with E-state index in [1.807, 2.05) is 0 Å². The Labute approximate surface area is 106 Å². The number of aliphatic hydroxyl groups is 4. The van der Waals surface area contributed by atoms with Gasteiger partial charge in [-0.25, -0.2) is 0 Å². The Morgan fingerprint density at radius 1 is 1.00 bits per heavy atom. The summed E-state index contributed by atoms with van der Waals surface area (Å²) in [4.78, 5) is 9.57. The second-order valence-electron chi connectivity index (χ2n) is 5.05. The van der Waals surface area contributed by atoms with Gasteiger partial charge in [-0.05, 0) is 0 Å². The average molecular weight is 284 g/mol. The van der Waals surface area contributed by atoms with E-state index >= 15 is 0 Å². The second-order valence-corrected chi connectivity index (χ2v) is 7.42. The third-order valence-electron chi connectivity index (χ3n) is 3.38. The summed E-state index contributed by atoms with van der Waals surface area (Å²) in [6, 6.07) is 0. The largest absolute Gasteiger partial charge is 0.390 e. The Balaban J connectivity index is 2.90. The first-order valence-corrected chi connectivity index (χ1v) is 7.47. The molecule has 5 N–H and O–H groups in total. The van der Waals surface area contributed by atoms with Crippen LogP contribution >= 0.6 is 7.60 Å². The van der Waals surface area contributed by atoms with Crippen LogP contribution in [0.15, 0.2) is 0 Å². The summed E-state index contributed by atoms with van der Waals surface area (Å²) in [5.41, 5.74) is -0.717. The van der Waals surface area contributed by atoms with Gasteiger partial charge in [0.05, 0.1) is 17.9 Å². The number of hydrogen-bond donors (Lipinski definition) is 5. The molecule has 0 bridgehead atoms. The molecule has 1 fully saturated rings. The first kappa shape index (κ1) is 16.0. The lowest BCUT2D eigenvalue weighted by Crippen LogP contribution is -2.60. The van der Waals surface area contributed by atoms with Gasteiger partial charge in [-0.3, -0.25) is 9.09 Å². The van der Waals surface area contributed by atoms with Crippen molar-refractivity contribution in [1.29, 1.82) is 0 Å². The van der Waals surface area contributed by atoms with Crippen molar-refractivity contribution in [2.45, 2.75) is 57.0 Å². The van der Waals surface area contributed by atoms with Gasteiger partial charge >= 0.3 is 7.60 Å². The number of rotatable bonds is 3. The van der Waals surface area contributed by atoms with Crippen LogP contribution in [0.4, 0.5) is 0 Å². The number of hydrogen-bond acceptors (Lipinski definition) is 6. The fourth-order valence-electron chi connectivity index (χ4n) is 1.84. The maximum Gasteiger partial charge on any atom is 0.331 e. The molecule has 0 aliphatic heterocycles. The second kappa shape index (κ2) is 5.54. The highest BCUT2D eigenvalue weighted by atomic mass is 31.2. The van der Waals surface area contributed by atoms with Crippen molar-refractivity contribution >= 4 is 7.60 Å². The van der Waals surface area contributed by atoms with E-state index in [1.54, 1.807) is 0 Å². The first-order chi connectivity index (χ1) is 8.09. The van der Waals surface area contributed by atoms with Crippen molar-refractivity contribution < 1.29 is 34.4 Å².